The Kier molecular flexibility index (Phi) is 3.94. The van der Waals surface area contributed by atoms with E-state index in [0.717, 1.165) is 9.88 Å². The number of nitrogens with zero attached hydrogens (tertiary/aromatic N) is 2. The number of nitrogens with one attached hydrogen (secondary N) is 1. The van der Waals surface area contributed by atoms with Crippen molar-refractivity contribution in [2.75, 3.05) is 5.32 Å². The van der Waals surface area contributed by atoms with Gasteiger partial charge >= 0.3 is 0 Å². The molecule has 0 fully saturated rings. The maximum atomic E-state index is 12.1. The van der Waals surface area contributed by atoms with Crippen LogP contribution >= 0.6 is 22.7 Å². The van der Waals surface area contributed by atoms with Gasteiger partial charge in [-0.1, -0.05) is 12.1 Å². The Morgan fingerprint density at radius 2 is 2.09 bits per heavy atom. The first kappa shape index (κ1) is 14.4. The van der Waals surface area contributed by atoms with Crippen LogP contribution in [0, 0.1) is 10.1 Å². The number of non-ortho nitro benzene ring substituents is 1. The fourth-order valence-electron chi connectivity index (χ4n) is 1.78. The van der Waals surface area contributed by atoms with Gasteiger partial charge in [0.2, 0.25) is 0 Å². The molecule has 0 aliphatic rings. The van der Waals surface area contributed by atoms with Crippen molar-refractivity contribution in [3.63, 3.8) is 0 Å². The first-order valence-electron chi connectivity index (χ1n) is 6.19. The van der Waals surface area contributed by atoms with E-state index in [1.807, 2.05) is 17.5 Å². The highest BCUT2D eigenvalue weighted by Gasteiger charge is 2.14. The van der Waals surface area contributed by atoms with Gasteiger partial charge < -0.3 is 5.32 Å². The number of hydrogen-bond acceptors (Lipinski definition) is 6. The number of nitro groups is 1. The van der Waals surface area contributed by atoms with Crippen LogP contribution in [0.3, 0.4) is 0 Å². The van der Waals surface area contributed by atoms with E-state index in [1.54, 1.807) is 22.8 Å². The number of amides is 1. The monoisotopic (exact) mass is 331 g/mol. The molecule has 0 bridgehead atoms. The van der Waals surface area contributed by atoms with Crippen LogP contribution in [0.25, 0.3) is 9.88 Å². The van der Waals surface area contributed by atoms with Gasteiger partial charge in [0.15, 0.2) is 0 Å². The highest BCUT2D eigenvalue weighted by atomic mass is 32.1. The van der Waals surface area contributed by atoms with Crippen LogP contribution in [-0.2, 0) is 0 Å². The number of aromatic nitrogens is 1. The Labute approximate surface area is 133 Å². The lowest BCUT2D eigenvalue weighted by Gasteiger charge is -2.02. The van der Waals surface area contributed by atoms with Crippen LogP contribution < -0.4 is 5.32 Å². The quantitative estimate of drug-likeness (QED) is 0.577. The molecule has 0 aliphatic carbocycles. The summed E-state index contributed by atoms with van der Waals surface area (Å²) >= 11 is 2.94. The van der Waals surface area contributed by atoms with E-state index in [2.05, 4.69) is 10.3 Å². The molecule has 3 rings (SSSR count). The summed E-state index contributed by atoms with van der Waals surface area (Å²) in [6.45, 7) is 0. The van der Waals surface area contributed by atoms with Gasteiger partial charge in [-0.3, -0.25) is 14.9 Å². The number of anilines is 1. The van der Waals surface area contributed by atoms with E-state index < -0.39 is 4.92 Å². The summed E-state index contributed by atoms with van der Waals surface area (Å²) in [4.78, 5) is 27.7. The molecule has 0 radical (unpaired) electrons. The van der Waals surface area contributed by atoms with E-state index in [-0.39, 0.29) is 11.6 Å². The van der Waals surface area contributed by atoms with E-state index >= 15 is 0 Å². The fourth-order valence-corrected chi connectivity index (χ4v) is 3.40. The first-order chi connectivity index (χ1) is 10.6. The third kappa shape index (κ3) is 3.02. The molecule has 1 N–H and O–H groups in total. The first-order valence-corrected chi connectivity index (χ1v) is 7.94. The summed E-state index contributed by atoms with van der Waals surface area (Å²) in [5.41, 5.74) is 0.583. The molecule has 110 valence electrons. The van der Waals surface area contributed by atoms with Gasteiger partial charge in [0.1, 0.15) is 10.7 Å². The van der Waals surface area contributed by atoms with Crippen LogP contribution in [0.15, 0.2) is 47.2 Å². The summed E-state index contributed by atoms with van der Waals surface area (Å²) in [6, 6.07) is 9.65. The molecule has 0 atom stereocenters. The number of carbonyl (C=O) groups excluding carboxylic acids is 1. The summed E-state index contributed by atoms with van der Waals surface area (Å²) in [7, 11) is 0. The van der Waals surface area contributed by atoms with Crippen molar-refractivity contribution in [3.05, 3.63) is 63.0 Å². The van der Waals surface area contributed by atoms with Crippen molar-refractivity contribution in [2.24, 2.45) is 0 Å². The predicted octanol–water partition coefficient (Wildman–Crippen LogP) is 4.03. The zero-order chi connectivity index (χ0) is 15.5. The highest BCUT2D eigenvalue weighted by molar-refractivity contribution is 7.20. The minimum absolute atomic E-state index is 0.0737. The number of carbonyl (C=O) groups is 1. The normalized spacial score (nSPS) is 10.4. The zero-order valence-electron chi connectivity index (χ0n) is 11.1. The summed E-state index contributed by atoms with van der Waals surface area (Å²) in [5.74, 6) is -0.389. The topological polar surface area (TPSA) is 85.1 Å². The molecule has 0 spiro atoms. The third-order valence-corrected chi connectivity index (χ3v) is 4.66. The zero-order valence-corrected chi connectivity index (χ0v) is 12.7. The maximum absolute atomic E-state index is 12.1. The molecule has 0 saturated carbocycles. The molecule has 1 amide bonds. The molecule has 1 aromatic carbocycles. The number of thiazole rings is 1. The van der Waals surface area contributed by atoms with Gasteiger partial charge in [0, 0.05) is 23.2 Å². The van der Waals surface area contributed by atoms with Crippen molar-refractivity contribution < 1.29 is 9.72 Å². The average molecular weight is 331 g/mol. The Morgan fingerprint density at radius 1 is 1.23 bits per heavy atom. The fraction of sp³-hybridized carbons (Fsp3) is 0. The third-order valence-electron chi connectivity index (χ3n) is 2.78. The second-order valence-corrected chi connectivity index (χ2v) is 6.08. The van der Waals surface area contributed by atoms with Gasteiger partial charge in [-0.05, 0) is 17.5 Å². The average Bonchev–Trinajstić information content (AvgIpc) is 3.18. The Bertz CT molecular complexity index is 827. The number of rotatable bonds is 4. The molecule has 6 nitrogen and oxygen atoms in total. The van der Waals surface area contributed by atoms with Crippen molar-refractivity contribution in [1.82, 2.24) is 4.98 Å². The lowest BCUT2D eigenvalue weighted by atomic mass is 10.2. The van der Waals surface area contributed by atoms with Gasteiger partial charge in [-0.2, -0.15) is 0 Å². The van der Waals surface area contributed by atoms with Crippen LogP contribution in [0.5, 0.6) is 0 Å². The summed E-state index contributed by atoms with van der Waals surface area (Å²) in [6.07, 6.45) is 0. The lowest BCUT2D eigenvalue weighted by Crippen LogP contribution is -2.12. The standard InChI is InChI=1S/C14H9N3O3S2/c18-13(15-9-3-1-4-10(7-9)17(19)20)11-8-22-14(16-11)12-5-2-6-21-12/h1-8H,(H,15,18). The number of thiophene rings is 1. The number of hydrogen-bond donors (Lipinski definition) is 1. The molecule has 2 heterocycles. The van der Waals surface area contributed by atoms with Gasteiger partial charge in [0.05, 0.1) is 9.80 Å². The number of nitro benzene ring substituents is 1. The van der Waals surface area contributed by atoms with Crippen LogP contribution in [-0.4, -0.2) is 15.8 Å². The van der Waals surface area contributed by atoms with Crippen molar-refractivity contribution in [2.45, 2.75) is 0 Å². The van der Waals surface area contributed by atoms with E-state index in [4.69, 9.17) is 0 Å². The van der Waals surface area contributed by atoms with Crippen molar-refractivity contribution in [1.29, 1.82) is 0 Å². The summed E-state index contributed by atoms with van der Waals surface area (Å²) in [5, 5.41) is 17.7. The lowest BCUT2D eigenvalue weighted by molar-refractivity contribution is -0.384. The van der Waals surface area contributed by atoms with E-state index in [1.165, 1.54) is 29.5 Å². The van der Waals surface area contributed by atoms with Crippen molar-refractivity contribution >= 4 is 40.0 Å². The Hall–Kier alpha value is -2.58. The van der Waals surface area contributed by atoms with E-state index in [9.17, 15) is 14.9 Å². The highest BCUT2D eigenvalue weighted by Crippen LogP contribution is 2.28. The molecule has 0 unspecified atom stereocenters. The van der Waals surface area contributed by atoms with Crippen LogP contribution in [0.1, 0.15) is 10.5 Å². The predicted molar refractivity (Wildman–Crippen MR) is 86.5 cm³/mol. The summed E-state index contributed by atoms with van der Waals surface area (Å²) < 4.78 is 0. The van der Waals surface area contributed by atoms with Gasteiger partial charge in [-0.15, -0.1) is 22.7 Å². The van der Waals surface area contributed by atoms with E-state index in [0.29, 0.717) is 11.4 Å². The molecule has 0 saturated heterocycles. The molecule has 22 heavy (non-hydrogen) atoms. The molecular weight excluding hydrogens is 322 g/mol. The SMILES string of the molecule is O=C(Nc1cccc([N+](=O)[O-])c1)c1csc(-c2cccs2)n1. The Morgan fingerprint density at radius 3 is 2.82 bits per heavy atom. The maximum Gasteiger partial charge on any atom is 0.275 e. The second-order valence-electron chi connectivity index (χ2n) is 4.28. The molecule has 8 heteroatoms. The van der Waals surface area contributed by atoms with Gasteiger partial charge in [0.25, 0.3) is 11.6 Å². The minimum atomic E-state index is -0.507. The van der Waals surface area contributed by atoms with Crippen LogP contribution in [0.4, 0.5) is 11.4 Å². The van der Waals surface area contributed by atoms with Gasteiger partial charge in [-0.25, -0.2) is 4.98 Å². The smallest absolute Gasteiger partial charge is 0.275 e. The molecule has 3 aromatic rings. The van der Waals surface area contributed by atoms with Crippen LogP contribution in [0.2, 0.25) is 0 Å². The number of benzene rings is 1. The Balaban J connectivity index is 1.77. The van der Waals surface area contributed by atoms with Crippen molar-refractivity contribution in [3.8, 4) is 9.88 Å². The second kappa shape index (κ2) is 6.04. The molecular formula is C14H9N3O3S2. The largest absolute Gasteiger partial charge is 0.320 e. The molecule has 2 aromatic heterocycles. The minimum Gasteiger partial charge on any atom is -0.320 e. The molecule has 0 aliphatic heterocycles.